The highest BCUT2D eigenvalue weighted by Gasteiger charge is 2.31. The summed E-state index contributed by atoms with van der Waals surface area (Å²) in [6.07, 6.45) is 0. The lowest BCUT2D eigenvalue weighted by Gasteiger charge is -2.41. The number of aromatic hydroxyl groups is 2. The van der Waals surface area contributed by atoms with Crippen LogP contribution in [-0.4, -0.2) is 44.2 Å². The smallest absolute Gasteiger partial charge is 0.123 e. The number of benzene rings is 2. The number of rotatable bonds is 7. The third-order valence-corrected chi connectivity index (χ3v) is 8.99. The second-order valence-electron chi connectivity index (χ2n) is 19.2. The van der Waals surface area contributed by atoms with E-state index in [0.29, 0.717) is 24.6 Å². The Morgan fingerprint density at radius 3 is 0.909 bits per heavy atom. The minimum atomic E-state index is -0.162. The first-order valence-corrected chi connectivity index (χ1v) is 16.7. The molecule has 0 aliphatic carbocycles. The molecular formula is C40H68N2O2. The molecule has 0 aliphatic rings. The molecule has 0 saturated carbocycles. The molecule has 2 N–H and O–H groups in total. The van der Waals surface area contributed by atoms with E-state index in [4.69, 9.17) is 0 Å². The molecule has 0 unspecified atom stereocenters. The Labute approximate surface area is 272 Å². The zero-order valence-corrected chi connectivity index (χ0v) is 31.9. The molecule has 2 rings (SSSR count). The summed E-state index contributed by atoms with van der Waals surface area (Å²) in [7, 11) is 0. The highest BCUT2D eigenvalue weighted by Crippen LogP contribution is 2.40. The predicted octanol–water partition coefficient (Wildman–Crippen LogP) is 10.2. The van der Waals surface area contributed by atoms with Gasteiger partial charge in [0.25, 0.3) is 0 Å². The zero-order valence-electron chi connectivity index (χ0n) is 31.9. The first-order valence-electron chi connectivity index (χ1n) is 16.7. The highest BCUT2D eigenvalue weighted by atomic mass is 16.3. The lowest BCUT2D eigenvalue weighted by atomic mass is 9.78. The van der Waals surface area contributed by atoms with Gasteiger partial charge in [-0.25, -0.2) is 0 Å². The van der Waals surface area contributed by atoms with E-state index in [9.17, 15) is 10.2 Å². The van der Waals surface area contributed by atoms with Gasteiger partial charge in [-0.15, -0.1) is 0 Å². The van der Waals surface area contributed by atoms with Crippen LogP contribution < -0.4 is 0 Å². The van der Waals surface area contributed by atoms with E-state index in [1.54, 1.807) is 0 Å². The van der Waals surface area contributed by atoms with Crippen molar-refractivity contribution in [3.05, 3.63) is 57.6 Å². The summed E-state index contributed by atoms with van der Waals surface area (Å²) in [4.78, 5) is 4.98. The quantitative estimate of drug-likeness (QED) is 0.328. The fourth-order valence-corrected chi connectivity index (χ4v) is 5.60. The van der Waals surface area contributed by atoms with E-state index in [1.165, 1.54) is 11.1 Å². The van der Waals surface area contributed by atoms with Gasteiger partial charge in [-0.05, 0) is 85.5 Å². The number of hydrogen-bond acceptors (Lipinski definition) is 4. The molecule has 0 amide bonds. The van der Waals surface area contributed by atoms with E-state index >= 15 is 0 Å². The number of hydrogen-bond donors (Lipinski definition) is 2. The molecule has 0 aromatic heterocycles. The molecule has 2 aromatic carbocycles. The van der Waals surface area contributed by atoms with Crippen LogP contribution in [0.1, 0.15) is 158 Å². The van der Waals surface area contributed by atoms with Gasteiger partial charge in [0.05, 0.1) is 0 Å². The summed E-state index contributed by atoms with van der Waals surface area (Å²) in [5.41, 5.74) is 5.93. The van der Waals surface area contributed by atoms with Crippen molar-refractivity contribution < 1.29 is 10.2 Å². The van der Waals surface area contributed by atoms with Crippen LogP contribution in [0.4, 0.5) is 0 Å². The zero-order chi connectivity index (χ0) is 34.4. The molecule has 0 radical (unpaired) electrons. The lowest BCUT2D eigenvalue weighted by Crippen LogP contribution is -2.49. The molecular weight excluding hydrogens is 540 g/mol. The van der Waals surface area contributed by atoms with Crippen LogP contribution in [0.5, 0.6) is 11.5 Å². The summed E-state index contributed by atoms with van der Waals surface area (Å²) in [5.74, 6) is 0.845. The van der Waals surface area contributed by atoms with E-state index in [1.807, 2.05) is 0 Å². The van der Waals surface area contributed by atoms with Crippen molar-refractivity contribution in [2.75, 3.05) is 13.1 Å². The average Bonchev–Trinajstić information content (AvgIpc) is 2.78. The maximum Gasteiger partial charge on any atom is 0.123 e. The molecule has 0 atom stereocenters. The van der Waals surface area contributed by atoms with Gasteiger partial charge < -0.3 is 10.2 Å². The molecule has 2 aromatic rings. The lowest BCUT2D eigenvalue weighted by molar-refractivity contribution is 0.0680. The largest absolute Gasteiger partial charge is 0.507 e. The Morgan fingerprint density at radius 2 is 0.705 bits per heavy atom. The summed E-state index contributed by atoms with van der Waals surface area (Å²) in [6, 6.07) is 8.83. The van der Waals surface area contributed by atoms with Crippen molar-refractivity contribution in [1.29, 1.82) is 0 Å². The third-order valence-electron chi connectivity index (χ3n) is 8.99. The molecule has 250 valence electrons. The standard InChI is InChI=1S/C40H68N2O2/c1-35(2,3)29-21-27(33(43)31(23-29)37(7,8)9)25-41(39(13,14)15)19-20-42(40(16,17)18)26-28-22-30(36(4,5)6)24-32(34(28)44)38(10,11)12/h21-24,43-44H,19-20,25-26H2,1-18H3. The summed E-state index contributed by atoms with van der Waals surface area (Å²) in [6.45, 7) is 43.1. The summed E-state index contributed by atoms with van der Waals surface area (Å²) in [5, 5.41) is 23.2. The molecule has 0 saturated heterocycles. The monoisotopic (exact) mass is 609 g/mol. The number of phenolic OH excluding ortho intramolecular Hbond substituents is 2. The van der Waals surface area contributed by atoms with Crippen molar-refractivity contribution in [3.63, 3.8) is 0 Å². The minimum Gasteiger partial charge on any atom is -0.507 e. The van der Waals surface area contributed by atoms with Crippen molar-refractivity contribution in [1.82, 2.24) is 9.80 Å². The fraction of sp³-hybridized carbons (Fsp3) is 0.700. The van der Waals surface area contributed by atoms with Crippen molar-refractivity contribution in [3.8, 4) is 11.5 Å². The molecule has 44 heavy (non-hydrogen) atoms. The summed E-state index contributed by atoms with van der Waals surface area (Å²) >= 11 is 0. The molecule has 0 fully saturated rings. The van der Waals surface area contributed by atoms with Crippen LogP contribution >= 0.6 is 0 Å². The van der Waals surface area contributed by atoms with Crippen molar-refractivity contribution >= 4 is 0 Å². The maximum atomic E-state index is 11.6. The Morgan fingerprint density at radius 1 is 0.432 bits per heavy atom. The fourth-order valence-electron chi connectivity index (χ4n) is 5.60. The number of phenols is 2. The van der Waals surface area contributed by atoms with Crippen LogP contribution in [-0.2, 0) is 34.7 Å². The van der Waals surface area contributed by atoms with E-state index in [2.05, 4.69) is 159 Å². The Bertz CT molecular complexity index is 1180. The van der Waals surface area contributed by atoms with Crippen LogP contribution in [0, 0.1) is 0 Å². The third kappa shape index (κ3) is 9.73. The summed E-state index contributed by atoms with van der Waals surface area (Å²) < 4.78 is 0. The van der Waals surface area contributed by atoms with Crippen molar-refractivity contribution in [2.45, 2.75) is 170 Å². The molecule has 4 nitrogen and oxygen atoms in total. The second-order valence-corrected chi connectivity index (χ2v) is 19.2. The molecule has 0 bridgehead atoms. The molecule has 0 aliphatic heterocycles. The topological polar surface area (TPSA) is 46.9 Å². The Hall–Kier alpha value is -2.04. The van der Waals surface area contributed by atoms with Crippen LogP contribution in [0.2, 0.25) is 0 Å². The highest BCUT2D eigenvalue weighted by molar-refractivity contribution is 5.50. The van der Waals surface area contributed by atoms with Gasteiger partial charge in [-0.3, -0.25) is 9.80 Å². The SMILES string of the molecule is CC(C)(C)c1cc(CN(CCN(Cc2cc(C(C)(C)C)cc(C(C)(C)C)c2O)C(C)(C)C)C(C)(C)C)c(O)c(C(C)(C)C)c1. The maximum absolute atomic E-state index is 11.6. The Balaban J connectivity index is 2.55. The van der Waals surface area contributed by atoms with Gasteiger partial charge in [0.2, 0.25) is 0 Å². The van der Waals surface area contributed by atoms with Gasteiger partial charge in [-0.1, -0.05) is 107 Å². The second kappa shape index (κ2) is 12.6. The van der Waals surface area contributed by atoms with E-state index in [0.717, 1.165) is 35.3 Å². The van der Waals surface area contributed by atoms with Gasteiger partial charge >= 0.3 is 0 Å². The van der Waals surface area contributed by atoms with Gasteiger partial charge in [-0.2, -0.15) is 0 Å². The van der Waals surface area contributed by atoms with Gasteiger partial charge in [0.1, 0.15) is 11.5 Å². The van der Waals surface area contributed by atoms with Gasteiger partial charge in [0.15, 0.2) is 0 Å². The number of nitrogens with zero attached hydrogens (tertiary/aromatic N) is 2. The first-order chi connectivity index (χ1) is 19.4. The normalized spacial score (nSPS) is 14.2. The van der Waals surface area contributed by atoms with Gasteiger partial charge in [0, 0.05) is 48.4 Å². The van der Waals surface area contributed by atoms with E-state index in [-0.39, 0.29) is 32.7 Å². The van der Waals surface area contributed by atoms with Crippen LogP contribution in [0.3, 0.4) is 0 Å². The van der Waals surface area contributed by atoms with E-state index < -0.39 is 0 Å². The Kier molecular flexibility index (Phi) is 10.9. The molecule has 4 heteroatoms. The predicted molar refractivity (Wildman–Crippen MR) is 191 cm³/mol. The average molecular weight is 609 g/mol. The van der Waals surface area contributed by atoms with Crippen LogP contribution in [0.15, 0.2) is 24.3 Å². The van der Waals surface area contributed by atoms with Crippen molar-refractivity contribution in [2.24, 2.45) is 0 Å². The first kappa shape index (κ1) is 38.1. The minimum absolute atomic E-state index is 0.0203. The van der Waals surface area contributed by atoms with Crippen LogP contribution in [0.25, 0.3) is 0 Å². The molecule has 0 heterocycles. The molecule has 0 spiro atoms.